The van der Waals surface area contributed by atoms with Crippen LogP contribution in [0.5, 0.6) is 0 Å². The summed E-state index contributed by atoms with van der Waals surface area (Å²) < 4.78 is 34.1. The van der Waals surface area contributed by atoms with E-state index in [4.69, 9.17) is 4.74 Å². The van der Waals surface area contributed by atoms with E-state index in [2.05, 4.69) is 4.72 Å². The van der Waals surface area contributed by atoms with Gasteiger partial charge in [-0.2, -0.15) is 0 Å². The van der Waals surface area contributed by atoms with Gasteiger partial charge in [0.2, 0.25) is 5.91 Å². The molecule has 1 aromatic carbocycles. The second-order valence-electron chi connectivity index (χ2n) is 8.15. The summed E-state index contributed by atoms with van der Waals surface area (Å²) in [6.07, 6.45) is 3.35. The second-order valence-corrected chi connectivity index (χ2v) is 11.1. The predicted octanol–water partition coefficient (Wildman–Crippen LogP) is 3.64. The largest absolute Gasteiger partial charge is 0.465 e. The molecule has 0 spiro atoms. The molecule has 1 amide bonds. The van der Waals surface area contributed by atoms with Crippen molar-refractivity contribution < 1.29 is 22.7 Å². The highest BCUT2D eigenvalue weighted by Crippen LogP contribution is 2.39. The maximum atomic E-state index is 13.3. The molecule has 31 heavy (non-hydrogen) atoms. The van der Waals surface area contributed by atoms with E-state index in [1.807, 2.05) is 19.9 Å². The molecule has 1 aliphatic carbocycles. The van der Waals surface area contributed by atoms with Crippen LogP contribution in [0.1, 0.15) is 51.2 Å². The maximum Gasteiger partial charge on any atom is 0.340 e. The number of amides is 1. The Hall–Kier alpha value is -2.39. The fourth-order valence-corrected chi connectivity index (χ4v) is 7.05. The maximum absolute atomic E-state index is 13.3. The molecule has 4 rings (SSSR count). The lowest BCUT2D eigenvalue weighted by molar-refractivity contribution is -0.139. The van der Waals surface area contributed by atoms with Crippen molar-refractivity contribution in [3.63, 3.8) is 0 Å². The van der Waals surface area contributed by atoms with Crippen LogP contribution in [-0.2, 0) is 32.5 Å². The summed E-state index contributed by atoms with van der Waals surface area (Å²) in [6, 6.07) is 5.39. The van der Waals surface area contributed by atoms with Gasteiger partial charge in [-0.15, -0.1) is 11.3 Å². The van der Waals surface area contributed by atoms with Crippen LogP contribution in [0.4, 0.5) is 5.69 Å². The van der Waals surface area contributed by atoms with E-state index in [0.29, 0.717) is 30.8 Å². The lowest BCUT2D eigenvalue weighted by Gasteiger charge is -2.34. The van der Waals surface area contributed by atoms with Gasteiger partial charge >= 0.3 is 5.97 Å². The number of fused-ring (bicyclic) bond motifs is 1. The average molecular weight is 463 g/mol. The fraction of sp³-hybridized carbons (Fsp3) is 0.455. The predicted molar refractivity (Wildman–Crippen MR) is 119 cm³/mol. The number of carbonyl (C=O) groups is 2. The van der Waals surface area contributed by atoms with Crippen molar-refractivity contribution >= 4 is 38.9 Å². The summed E-state index contributed by atoms with van der Waals surface area (Å²) in [4.78, 5) is 27.8. The minimum atomic E-state index is -4.02. The number of rotatable bonds is 5. The zero-order valence-corrected chi connectivity index (χ0v) is 19.5. The molecule has 1 aromatic heterocycles. The molecule has 7 nitrogen and oxygen atoms in total. The minimum Gasteiger partial charge on any atom is -0.465 e. The van der Waals surface area contributed by atoms with Crippen LogP contribution >= 0.6 is 11.3 Å². The van der Waals surface area contributed by atoms with E-state index in [-0.39, 0.29) is 21.6 Å². The summed E-state index contributed by atoms with van der Waals surface area (Å²) in [5.74, 6) is -0.462. The van der Waals surface area contributed by atoms with Gasteiger partial charge in [-0.3, -0.25) is 9.52 Å². The monoisotopic (exact) mass is 462 g/mol. The van der Waals surface area contributed by atoms with Crippen molar-refractivity contribution in [3.05, 3.63) is 45.3 Å². The highest BCUT2D eigenvalue weighted by Gasteiger charge is 2.37. The molecule has 9 heteroatoms. The third-order valence-corrected chi connectivity index (χ3v) is 9.37. The van der Waals surface area contributed by atoms with Gasteiger partial charge in [0.25, 0.3) is 10.0 Å². The molecular weight excluding hydrogens is 436 g/mol. The topological polar surface area (TPSA) is 92.8 Å². The summed E-state index contributed by atoms with van der Waals surface area (Å²) in [6.45, 7) is 4.56. The number of hydrogen-bond acceptors (Lipinski definition) is 6. The Morgan fingerprint density at radius 2 is 1.97 bits per heavy atom. The third kappa shape index (κ3) is 3.96. The molecule has 2 heterocycles. The number of aryl methyl sites for hydroxylation is 1. The van der Waals surface area contributed by atoms with Gasteiger partial charge in [-0.1, -0.05) is 18.6 Å². The van der Waals surface area contributed by atoms with Gasteiger partial charge in [-0.25, -0.2) is 13.2 Å². The number of benzene rings is 1. The zero-order chi connectivity index (χ0) is 22.3. The molecule has 2 aliphatic rings. The van der Waals surface area contributed by atoms with E-state index < -0.39 is 16.0 Å². The average Bonchev–Trinajstić information content (AvgIpc) is 3.09. The van der Waals surface area contributed by atoms with Gasteiger partial charge in [-0.05, 0) is 55.9 Å². The number of methoxy groups -OCH3 is 1. The first-order chi connectivity index (χ1) is 14.7. The highest BCUT2D eigenvalue weighted by atomic mass is 32.2. The van der Waals surface area contributed by atoms with E-state index in [1.165, 1.54) is 7.11 Å². The number of hydrogen-bond donors (Lipinski definition) is 1. The number of nitrogens with zero attached hydrogens (tertiary/aromatic N) is 1. The Labute approximate surface area is 186 Å². The van der Waals surface area contributed by atoms with E-state index in [0.717, 1.165) is 46.6 Å². The Morgan fingerprint density at radius 1 is 1.23 bits per heavy atom. The standard InChI is InChI=1S/C22H26N2O5S2/c1-13-6-4-9-17(14(13)2)23-31(27,28)22-19(21(26)29-3)16-10-11-24(12-18(16)30-22)20(25)15-7-5-8-15/h4,6,9,15,23H,5,7-8,10-12H2,1-3H3. The van der Waals surface area contributed by atoms with Crippen LogP contribution in [0.2, 0.25) is 0 Å². The summed E-state index contributed by atoms with van der Waals surface area (Å²) in [5.41, 5.74) is 3.03. The van der Waals surface area contributed by atoms with Crippen LogP contribution in [0.15, 0.2) is 22.4 Å². The zero-order valence-electron chi connectivity index (χ0n) is 17.9. The first-order valence-corrected chi connectivity index (χ1v) is 12.6. The molecule has 1 aliphatic heterocycles. The Balaban J connectivity index is 1.71. The summed E-state index contributed by atoms with van der Waals surface area (Å²) in [5, 5.41) is 0. The van der Waals surface area contributed by atoms with Crippen molar-refractivity contribution in [2.45, 2.75) is 50.3 Å². The van der Waals surface area contributed by atoms with Crippen LogP contribution in [-0.4, -0.2) is 38.8 Å². The number of sulfonamides is 1. The summed E-state index contributed by atoms with van der Waals surface area (Å²) >= 11 is 1.06. The molecule has 1 N–H and O–H groups in total. The molecule has 0 unspecified atom stereocenters. The number of thiophene rings is 1. The third-order valence-electron chi connectivity index (χ3n) is 6.27. The summed E-state index contributed by atoms with van der Waals surface area (Å²) in [7, 11) is -2.77. The molecule has 0 radical (unpaired) electrons. The number of ether oxygens (including phenoxy) is 1. The minimum absolute atomic E-state index is 0.0526. The molecular formula is C22H26N2O5S2. The number of anilines is 1. The van der Waals surface area contributed by atoms with Crippen molar-refractivity contribution in [3.8, 4) is 0 Å². The Bertz CT molecular complexity index is 1150. The highest BCUT2D eigenvalue weighted by molar-refractivity contribution is 7.94. The fourth-order valence-electron chi connectivity index (χ4n) is 4.03. The van der Waals surface area contributed by atoms with Crippen molar-refractivity contribution in [1.82, 2.24) is 4.90 Å². The van der Waals surface area contributed by atoms with Crippen LogP contribution in [0.3, 0.4) is 0 Å². The van der Waals surface area contributed by atoms with Gasteiger partial charge < -0.3 is 9.64 Å². The number of carbonyl (C=O) groups excluding carboxylic acids is 2. The van der Waals surface area contributed by atoms with Gasteiger partial charge in [0.05, 0.1) is 24.9 Å². The van der Waals surface area contributed by atoms with Crippen LogP contribution < -0.4 is 4.72 Å². The van der Waals surface area contributed by atoms with Gasteiger partial charge in [0.15, 0.2) is 4.21 Å². The first-order valence-electron chi connectivity index (χ1n) is 10.3. The molecule has 1 fully saturated rings. The SMILES string of the molecule is COC(=O)c1c(S(=O)(=O)Nc2cccc(C)c2C)sc2c1CCN(C(=O)C1CCC1)C2. The van der Waals surface area contributed by atoms with Gasteiger partial charge in [0, 0.05) is 17.3 Å². The Kier molecular flexibility index (Phi) is 5.83. The van der Waals surface area contributed by atoms with Crippen molar-refractivity contribution in [1.29, 1.82) is 0 Å². The molecule has 166 valence electrons. The molecule has 2 aromatic rings. The molecule has 0 atom stereocenters. The lowest BCUT2D eigenvalue weighted by Crippen LogP contribution is -2.41. The molecule has 1 saturated carbocycles. The molecule has 0 bridgehead atoms. The Morgan fingerprint density at radius 3 is 2.61 bits per heavy atom. The smallest absolute Gasteiger partial charge is 0.340 e. The second kappa shape index (κ2) is 8.27. The van der Waals surface area contributed by atoms with Crippen LogP contribution in [0, 0.1) is 19.8 Å². The first kappa shape index (κ1) is 21.8. The molecule has 0 saturated heterocycles. The number of nitrogens with one attached hydrogen (secondary N) is 1. The lowest BCUT2D eigenvalue weighted by atomic mass is 9.84. The van der Waals surface area contributed by atoms with Crippen LogP contribution in [0.25, 0.3) is 0 Å². The number of esters is 1. The van der Waals surface area contributed by atoms with Gasteiger partial charge in [0.1, 0.15) is 0 Å². The normalized spacial score (nSPS) is 16.4. The van der Waals surface area contributed by atoms with Crippen molar-refractivity contribution in [2.24, 2.45) is 5.92 Å². The van der Waals surface area contributed by atoms with E-state index in [1.54, 1.807) is 17.0 Å². The van der Waals surface area contributed by atoms with E-state index in [9.17, 15) is 18.0 Å². The van der Waals surface area contributed by atoms with E-state index >= 15 is 0 Å². The quantitative estimate of drug-likeness (QED) is 0.685. The van der Waals surface area contributed by atoms with Crippen molar-refractivity contribution in [2.75, 3.05) is 18.4 Å².